The van der Waals surface area contributed by atoms with Crippen molar-refractivity contribution in [2.45, 2.75) is 58.3 Å². The van der Waals surface area contributed by atoms with Crippen LogP contribution in [0.4, 0.5) is 10.1 Å². The van der Waals surface area contributed by atoms with Gasteiger partial charge in [-0.15, -0.1) is 0 Å². The van der Waals surface area contributed by atoms with Crippen molar-refractivity contribution in [2.75, 3.05) is 5.32 Å². The molecule has 5 nitrogen and oxygen atoms in total. The van der Waals surface area contributed by atoms with E-state index in [9.17, 15) is 14.0 Å². The molecule has 188 valence electrons. The number of carbonyl (C=O) groups is 2. The SMILES string of the molecule is Cc1ncc(-c2ccc([C@H](C(=O)Nc3ccc(F)c(CCC(=O)O)c3C)C3CCCC3)cc2)cc1Cl. The van der Waals surface area contributed by atoms with Gasteiger partial charge in [0.25, 0.3) is 0 Å². The first-order valence-electron chi connectivity index (χ1n) is 12.3. The highest BCUT2D eigenvalue weighted by molar-refractivity contribution is 6.31. The highest BCUT2D eigenvalue weighted by atomic mass is 35.5. The van der Waals surface area contributed by atoms with Gasteiger partial charge in [-0.25, -0.2) is 4.39 Å². The zero-order chi connectivity index (χ0) is 25.8. The molecule has 1 fully saturated rings. The molecule has 0 aliphatic heterocycles. The number of aryl methyl sites for hydroxylation is 1. The van der Waals surface area contributed by atoms with Crippen LogP contribution in [-0.2, 0) is 16.0 Å². The summed E-state index contributed by atoms with van der Waals surface area (Å²) in [5, 5.41) is 12.6. The minimum atomic E-state index is -0.989. The third-order valence-electron chi connectivity index (χ3n) is 7.17. The maximum absolute atomic E-state index is 14.4. The molecule has 2 aromatic carbocycles. The van der Waals surface area contributed by atoms with Gasteiger partial charge in [0.2, 0.25) is 5.91 Å². The van der Waals surface area contributed by atoms with Gasteiger partial charge in [0.15, 0.2) is 0 Å². The van der Waals surface area contributed by atoms with Gasteiger partial charge in [-0.3, -0.25) is 14.6 Å². The lowest BCUT2D eigenvalue weighted by Crippen LogP contribution is -2.27. The smallest absolute Gasteiger partial charge is 0.303 e. The molecule has 2 N–H and O–H groups in total. The van der Waals surface area contributed by atoms with E-state index in [0.29, 0.717) is 21.8 Å². The maximum Gasteiger partial charge on any atom is 0.303 e. The number of rotatable bonds is 8. The third kappa shape index (κ3) is 5.76. The molecule has 1 amide bonds. The topological polar surface area (TPSA) is 79.3 Å². The number of carbonyl (C=O) groups excluding carboxylic acids is 1. The van der Waals surface area contributed by atoms with Crippen molar-refractivity contribution in [3.05, 3.63) is 81.9 Å². The fourth-order valence-corrected chi connectivity index (χ4v) is 5.25. The van der Waals surface area contributed by atoms with E-state index in [1.54, 1.807) is 19.2 Å². The van der Waals surface area contributed by atoms with Gasteiger partial charge in [-0.1, -0.05) is 48.7 Å². The summed E-state index contributed by atoms with van der Waals surface area (Å²) in [6.07, 6.45) is 5.82. The first-order chi connectivity index (χ1) is 17.2. The molecular weight excluding hydrogens is 479 g/mol. The van der Waals surface area contributed by atoms with Crippen molar-refractivity contribution in [3.63, 3.8) is 0 Å². The fourth-order valence-electron chi connectivity index (χ4n) is 5.08. The molecule has 3 aromatic rings. The molecule has 0 bridgehead atoms. The van der Waals surface area contributed by atoms with Crippen LogP contribution < -0.4 is 5.32 Å². The zero-order valence-electron chi connectivity index (χ0n) is 20.5. The first-order valence-corrected chi connectivity index (χ1v) is 12.7. The Hall–Kier alpha value is -3.25. The Balaban J connectivity index is 1.60. The lowest BCUT2D eigenvalue weighted by molar-refractivity contribution is -0.137. The minimum Gasteiger partial charge on any atom is -0.481 e. The third-order valence-corrected chi connectivity index (χ3v) is 7.55. The van der Waals surface area contributed by atoms with Gasteiger partial charge < -0.3 is 10.4 Å². The molecule has 1 saturated carbocycles. The number of amides is 1. The summed E-state index contributed by atoms with van der Waals surface area (Å²) in [5.41, 5.74) is 4.99. The molecule has 0 unspecified atom stereocenters. The van der Waals surface area contributed by atoms with Crippen LogP contribution in [0, 0.1) is 25.6 Å². The molecule has 1 aliphatic rings. The Kier molecular flexibility index (Phi) is 8.04. The second-order valence-electron chi connectivity index (χ2n) is 9.52. The van der Waals surface area contributed by atoms with E-state index < -0.39 is 11.8 Å². The Morgan fingerprint density at radius 3 is 2.44 bits per heavy atom. The number of aromatic nitrogens is 1. The van der Waals surface area contributed by atoms with Gasteiger partial charge in [0.1, 0.15) is 5.82 Å². The van der Waals surface area contributed by atoms with Crippen molar-refractivity contribution in [3.8, 4) is 11.1 Å². The predicted octanol–water partition coefficient (Wildman–Crippen LogP) is 7.09. The van der Waals surface area contributed by atoms with Gasteiger partial charge in [-0.05, 0) is 79.5 Å². The predicted molar refractivity (Wildman–Crippen MR) is 140 cm³/mol. The van der Waals surface area contributed by atoms with Crippen LogP contribution in [0.2, 0.25) is 5.02 Å². The number of pyridine rings is 1. The van der Waals surface area contributed by atoms with Gasteiger partial charge >= 0.3 is 5.97 Å². The summed E-state index contributed by atoms with van der Waals surface area (Å²) in [6.45, 7) is 3.58. The van der Waals surface area contributed by atoms with Crippen LogP contribution in [0.1, 0.15) is 60.4 Å². The number of hydrogen-bond donors (Lipinski definition) is 2. The highest BCUT2D eigenvalue weighted by Gasteiger charge is 2.32. The lowest BCUT2D eigenvalue weighted by atomic mass is 9.83. The van der Waals surface area contributed by atoms with Crippen LogP contribution in [0.15, 0.2) is 48.7 Å². The summed E-state index contributed by atoms with van der Waals surface area (Å²) in [6, 6.07) is 12.7. The molecule has 4 rings (SSSR count). The Bertz CT molecular complexity index is 1270. The van der Waals surface area contributed by atoms with Crippen LogP contribution in [0.3, 0.4) is 0 Å². The average Bonchev–Trinajstić information content (AvgIpc) is 3.37. The summed E-state index contributed by atoms with van der Waals surface area (Å²) < 4.78 is 14.4. The quantitative estimate of drug-likeness (QED) is 0.340. The summed E-state index contributed by atoms with van der Waals surface area (Å²) in [5.74, 6) is -1.70. The number of anilines is 1. The van der Waals surface area contributed by atoms with E-state index in [2.05, 4.69) is 10.3 Å². The molecule has 1 atom stereocenters. The maximum atomic E-state index is 14.4. The fraction of sp³-hybridized carbons (Fsp3) is 0.345. The van der Waals surface area contributed by atoms with Gasteiger partial charge in [0, 0.05) is 23.9 Å². The van der Waals surface area contributed by atoms with E-state index >= 15 is 0 Å². The van der Waals surface area contributed by atoms with Crippen molar-refractivity contribution in [1.82, 2.24) is 4.98 Å². The number of aliphatic carboxylic acids is 1. The molecule has 0 spiro atoms. The molecule has 1 aromatic heterocycles. The van der Waals surface area contributed by atoms with Crippen LogP contribution in [0.5, 0.6) is 0 Å². The summed E-state index contributed by atoms with van der Waals surface area (Å²) >= 11 is 6.25. The van der Waals surface area contributed by atoms with Crippen molar-refractivity contribution >= 4 is 29.2 Å². The van der Waals surface area contributed by atoms with Crippen LogP contribution in [-0.4, -0.2) is 22.0 Å². The van der Waals surface area contributed by atoms with Crippen molar-refractivity contribution < 1.29 is 19.1 Å². The minimum absolute atomic E-state index is 0.0715. The number of carboxylic acid groups (broad SMARTS) is 1. The molecule has 1 aliphatic carbocycles. The van der Waals surface area contributed by atoms with Gasteiger partial charge in [0.05, 0.1) is 16.6 Å². The Labute approximate surface area is 215 Å². The normalized spacial score (nSPS) is 14.6. The standard InChI is InChI=1S/C29H30ClFN2O3/c1-17-23(11-14-27(34)35)25(31)12-13-26(17)33-29(36)28(20-5-3-4-6-20)21-9-7-19(8-10-21)22-15-24(30)18(2)32-16-22/h7-10,12-13,15-16,20,28H,3-6,11,14H2,1-2H3,(H,33,36)(H,34,35)/t28-/m1/s1. The van der Waals surface area contributed by atoms with Crippen LogP contribution >= 0.6 is 11.6 Å². The number of benzene rings is 2. The zero-order valence-corrected chi connectivity index (χ0v) is 21.2. The number of nitrogens with one attached hydrogen (secondary N) is 1. The number of nitrogens with zero attached hydrogens (tertiary/aromatic N) is 1. The first kappa shape index (κ1) is 25.8. The lowest BCUT2D eigenvalue weighted by Gasteiger charge is -2.24. The molecule has 0 radical (unpaired) electrons. The monoisotopic (exact) mass is 508 g/mol. The summed E-state index contributed by atoms with van der Waals surface area (Å²) in [4.78, 5) is 29.0. The van der Waals surface area contributed by atoms with Crippen molar-refractivity contribution in [2.24, 2.45) is 5.92 Å². The van der Waals surface area contributed by atoms with E-state index in [1.165, 1.54) is 6.07 Å². The number of hydrogen-bond acceptors (Lipinski definition) is 3. The van der Waals surface area contributed by atoms with E-state index in [-0.39, 0.29) is 30.6 Å². The molecule has 0 saturated heterocycles. The Morgan fingerprint density at radius 1 is 1.11 bits per heavy atom. The molecule has 7 heteroatoms. The van der Waals surface area contributed by atoms with Crippen molar-refractivity contribution in [1.29, 1.82) is 0 Å². The van der Waals surface area contributed by atoms with E-state index in [1.807, 2.05) is 37.3 Å². The Morgan fingerprint density at radius 2 is 1.81 bits per heavy atom. The highest BCUT2D eigenvalue weighted by Crippen LogP contribution is 2.39. The summed E-state index contributed by atoms with van der Waals surface area (Å²) in [7, 11) is 0. The average molecular weight is 509 g/mol. The van der Waals surface area contributed by atoms with E-state index in [0.717, 1.165) is 48.1 Å². The van der Waals surface area contributed by atoms with Crippen LogP contribution in [0.25, 0.3) is 11.1 Å². The number of halogens is 2. The number of carboxylic acids is 1. The second-order valence-corrected chi connectivity index (χ2v) is 9.92. The van der Waals surface area contributed by atoms with E-state index in [4.69, 9.17) is 16.7 Å². The van der Waals surface area contributed by atoms with Gasteiger partial charge in [-0.2, -0.15) is 0 Å². The largest absolute Gasteiger partial charge is 0.481 e. The molecular formula is C29H30ClFN2O3. The molecule has 36 heavy (non-hydrogen) atoms. The molecule has 1 heterocycles. The second kappa shape index (κ2) is 11.2.